The molecule has 0 bridgehead atoms. The maximum Gasteiger partial charge on any atom is 0.256 e. The monoisotopic (exact) mass is 467 g/mol. The quantitative estimate of drug-likeness (QED) is 0.488. The Balaban J connectivity index is 1.72. The maximum atomic E-state index is 13.6. The Bertz CT molecular complexity index is 1250. The van der Waals surface area contributed by atoms with Gasteiger partial charge >= 0.3 is 0 Å². The molecule has 4 rings (SSSR count). The lowest BCUT2D eigenvalue weighted by Gasteiger charge is -2.19. The molecule has 1 heterocycles. The molecule has 32 heavy (non-hydrogen) atoms. The highest BCUT2D eigenvalue weighted by Gasteiger charge is 2.31. The van der Waals surface area contributed by atoms with Crippen LogP contribution in [-0.2, 0) is 28.1 Å². The molecule has 4 nitrogen and oxygen atoms in total. The number of hydrogen-bond acceptors (Lipinski definition) is 4. The van der Waals surface area contributed by atoms with Crippen LogP contribution in [0.3, 0.4) is 0 Å². The first kappa shape index (κ1) is 22.7. The molecule has 168 valence electrons. The summed E-state index contributed by atoms with van der Waals surface area (Å²) < 4.78 is 27.3. The van der Waals surface area contributed by atoms with Gasteiger partial charge in [0.2, 0.25) is 9.84 Å². The van der Waals surface area contributed by atoms with Crippen LogP contribution in [-0.4, -0.2) is 14.3 Å². The summed E-state index contributed by atoms with van der Waals surface area (Å²) in [6.45, 7) is 8.31. The van der Waals surface area contributed by atoms with E-state index in [-0.39, 0.29) is 21.1 Å². The summed E-state index contributed by atoms with van der Waals surface area (Å²) in [5, 5.41) is 3.36. The van der Waals surface area contributed by atoms with Crippen LogP contribution in [0.15, 0.2) is 58.3 Å². The molecule has 0 saturated heterocycles. The van der Waals surface area contributed by atoms with Gasteiger partial charge in [-0.2, -0.15) is 0 Å². The molecule has 6 heteroatoms. The number of aryl methyl sites for hydroxylation is 2. The zero-order chi connectivity index (χ0) is 23.1. The third-order valence-corrected chi connectivity index (χ3v) is 9.18. The minimum Gasteiger partial charge on any atom is -0.312 e. The molecule has 2 aromatic carbocycles. The number of sulfone groups is 1. The van der Waals surface area contributed by atoms with Crippen molar-refractivity contribution in [1.82, 2.24) is 0 Å². The lowest BCUT2D eigenvalue weighted by Crippen LogP contribution is -2.16. The van der Waals surface area contributed by atoms with Gasteiger partial charge in [-0.25, -0.2) is 8.42 Å². The second kappa shape index (κ2) is 8.49. The van der Waals surface area contributed by atoms with E-state index in [1.807, 2.05) is 19.1 Å². The van der Waals surface area contributed by atoms with Crippen molar-refractivity contribution in [3.05, 3.63) is 75.7 Å². The van der Waals surface area contributed by atoms with Gasteiger partial charge in [-0.15, -0.1) is 11.3 Å². The van der Waals surface area contributed by atoms with Gasteiger partial charge in [-0.1, -0.05) is 50.6 Å². The second-order valence-corrected chi connectivity index (χ2v) is 12.5. The molecule has 1 aliphatic rings. The van der Waals surface area contributed by atoms with Crippen molar-refractivity contribution < 1.29 is 13.2 Å². The smallest absolute Gasteiger partial charge is 0.256 e. The summed E-state index contributed by atoms with van der Waals surface area (Å²) in [6.07, 6.45) is 3.58. The Labute approximate surface area is 194 Å². The van der Waals surface area contributed by atoms with E-state index in [4.69, 9.17) is 0 Å². The van der Waals surface area contributed by atoms with Crippen molar-refractivity contribution in [2.45, 2.75) is 68.6 Å². The number of rotatable bonds is 4. The first-order valence-electron chi connectivity index (χ1n) is 11.0. The molecule has 1 aromatic heterocycles. The minimum absolute atomic E-state index is 0.00288. The van der Waals surface area contributed by atoms with Gasteiger partial charge < -0.3 is 5.32 Å². The third-order valence-electron chi connectivity index (χ3n) is 5.96. The van der Waals surface area contributed by atoms with Crippen LogP contribution < -0.4 is 5.32 Å². The molecule has 0 atom stereocenters. The van der Waals surface area contributed by atoms with Crippen LogP contribution in [0.5, 0.6) is 0 Å². The summed E-state index contributed by atoms with van der Waals surface area (Å²) in [5.41, 5.74) is 3.53. The van der Waals surface area contributed by atoms with Crippen molar-refractivity contribution in [2.24, 2.45) is 0 Å². The van der Waals surface area contributed by atoms with Crippen molar-refractivity contribution in [1.29, 1.82) is 0 Å². The van der Waals surface area contributed by atoms with Gasteiger partial charge in [0, 0.05) is 10.4 Å². The van der Waals surface area contributed by atoms with Gasteiger partial charge in [0.1, 0.15) is 9.90 Å². The molecule has 0 radical (unpaired) electrons. The Morgan fingerprint density at radius 2 is 1.56 bits per heavy atom. The number of amides is 1. The summed E-state index contributed by atoms with van der Waals surface area (Å²) in [5.74, 6) is -0.288. The number of carbonyl (C=O) groups excluding carboxylic acids is 1. The van der Waals surface area contributed by atoms with E-state index >= 15 is 0 Å². The largest absolute Gasteiger partial charge is 0.312 e. The molecule has 1 N–H and O–H groups in total. The van der Waals surface area contributed by atoms with Crippen molar-refractivity contribution in [2.75, 3.05) is 5.32 Å². The molecular weight excluding hydrogens is 438 g/mol. The lowest BCUT2D eigenvalue weighted by molar-refractivity contribution is 0.102. The van der Waals surface area contributed by atoms with Gasteiger partial charge in [0.25, 0.3) is 5.91 Å². The summed E-state index contributed by atoms with van der Waals surface area (Å²) >= 11 is 1.41. The fourth-order valence-electron chi connectivity index (χ4n) is 4.04. The Morgan fingerprint density at radius 1 is 0.938 bits per heavy atom. The molecule has 0 fully saturated rings. The van der Waals surface area contributed by atoms with E-state index in [0.717, 1.165) is 47.3 Å². The number of fused-ring (bicyclic) bond motifs is 1. The van der Waals surface area contributed by atoms with Crippen LogP contribution >= 0.6 is 11.3 Å². The molecule has 0 aliphatic heterocycles. The predicted octanol–water partition coefficient (Wildman–Crippen LogP) is 6.32. The predicted molar refractivity (Wildman–Crippen MR) is 131 cm³/mol. The van der Waals surface area contributed by atoms with E-state index in [1.54, 1.807) is 36.4 Å². The Hall–Kier alpha value is -2.44. The molecular formula is C26H29NO3S2. The van der Waals surface area contributed by atoms with Gasteiger partial charge in [-0.3, -0.25) is 4.79 Å². The van der Waals surface area contributed by atoms with Crippen molar-refractivity contribution in [3.8, 4) is 0 Å². The average molecular weight is 468 g/mol. The van der Waals surface area contributed by atoms with E-state index in [1.165, 1.54) is 11.3 Å². The maximum absolute atomic E-state index is 13.6. The van der Waals surface area contributed by atoms with Gasteiger partial charge in [0.15, 0.2) is 0 Å². The van der Waals surface area contributed by atoms with E-state index in [2.05, 4.69) is 26.1 Å². The normalized spacial score (nSPS) is 14.1. The van der Waals surface area contributed by atoms with Crippen LogP contribution in [0.2, 0.25) is 0 Å². The summed E-state index contributed by atoms with van der Waals surface area (Å²) in [7, 11) is -3.74. The number of thiophene rings is 1. The highest BCUT2D eigenvalue weighted by atomic mass is 32.2. The lowest BCUT2D eigenvalue weighted by atomic mass is 9.87. The SMILES string of the molecule is Cc1ccc(S(=O)(=O)c2c(NC(=O)c3ccc(C(C)(C)C)cc3)sc3c2CCCC3)cc1. The Morgan fingerprint density at radius 3 is 2.19 bits per heavy atom. The first-order chi connectivity index (χ1) is 15.1. The standard InChI is InChI=1S/C26H29NO3S2/c1-17-9-15-20(16-10-17)32(29,30)23-21-7-5-6-8-22(21)31-25(23)27-24(28)18-11-13-19(14-12-18)26(2,3)4/h9-16H,5-8H2,1-4H3,(H,27,28). The van der Waals surface area contributed by atoms with E-state index < -0.39 is 9.84 Å². The average Bonchev–Trinajstić information content (AvgIpc) is 3.12. The first-order valence-corrected chi connectivity index (χ1v) is 13.3. The molecule has 0 spiro atoms. The number of hydrogen-bond donors (Lipinski definition) is 1. The molecule has 0 saturated carbocycles. The molecule has 1 amide bonds. The fourth-order valence-corrected chi connectivity index (χ4v) is 7.31. The van der Waals surface area contributed by atoms with Gasteiger partial charge in [0.05, 0.1) is 4.90 Å². The van der Waals surface area contributed by atoms with Crippen LogP contribution in [0, 0.1) is 6.92 Å². The Kier molecular flexibility index (Phi) is 6.03. The molecule has 3 aromatic rings. The van der Waals surface area contributed by atoms with Crippen LogP contribution in [0.1, 0.15) is 65.5 Å². The molecule has 0 unspecified atom stereocenters. The summed E-state index contributed by atoms with van der Waals surface area (Å²) in [6, 6.07) is 14.4. The third kappa shape index (κ3) is 4.39. The van der Waals surface area contributed by atoms with E-state index in [0.29, 0.717) is 10.6 Å². The van der Waals surface area contributed by atoms with Crippen LogP contribution in [0.25, 0.3) is 0 Å². The van der Waals surface area contributed by atoms with Crippen molar-refractivity contribution in [3.63, 3.8) is 0 Å². The zero-order valence-electron chi connectivity index (χ0n) is 19.0. The minimum atomic E-state index is -3.74. The zero-order valence-corrected chi connectivity index (χ0v) is 20.6. The number of carbonyl (C=O) groups is 1. The van der Waals surface area contributed by atoms with Crippen molar-refractivity contribution >= 4 is 32.1 Å². The number of benzene rings is 2. The van der Waals surface area contributed by atoms with E-state index in [9.17, 15) is 13.2 Å². The second-order valence-electron chi connectivity index (χ2n) is 9.47. The highest BCUT2D eigenvalue weighted by Crippen LogP contribution is 2.43. The highest BCUT2D eigenvalue weighted by molar-refractivity contribution is 7.92. The fraction of sp³-hybridized carbons (Fsp3) is 0.346. The molecule has 1 aliphatic carbocycles. The van der Waals surface area contributed by atoms with Crippen LogP contribution in [0.4, 0.5) is 5.00 Å². The topological polar surface area (TPSA) is 63.2 Å². The number of anilines is 1. The van der Waals surface area contributed by atoms with Gasteiger partial charge in [-0.05, 0) is 73.4 Å². The summed E-state index contributed by atoms with van der Waals surface area (Å²) in [4.78, 5) is 14.7. The number of nitrogens with one attached hydrogen (secondary N) is 1.